The average molecular weight is 640 g/mol. The molecule has 1 unspecified atom stereocenters. The van der Waals surface area contributed by atoms with Crippen molar-refractivity contribution in [3.8, 4) is 11.3 Å². The van der Waals surface area contributed by atoms with Crippen molar-refractivity contribution in [1.82, 2.24) is 24.8 Å². The summed E-state index contributed by atoms with van der Waals surface area (Å²) >= 11 is 0. The monoisotopic (exact) mass is 639 g/mol. The first-order valence-corrected chi connectivity index (χ1v) is 16.4. The predicted octanol–water partition coefficient (Wildman–Crippen LogP) is 3.37. The van der Waals surface area contributed by atoms with Crippen molar-refractivity contribution in [2.45, 2.75) is 94.7 Å². The number of rotatable bonds is 6. The molecule has 10 nitrogen and oxygen atoms in total. The van der Waals surface area contributed by atoms with Crippen LogP contribution in [0.15, 0.2) is 29.2 Å². The lowest BCUT2D eigenvalue weighted by atomic mass is 9.85. The highest BCUT2D eigenvalue weighted by atomic mass is 32.2. The van der Waals surface area contributed by atoms with Crippen LogP contribution in [-0.2, 0) is 27.5 Å². The highest BCUT2D eigenvalue weighted by Gasteiger charge is 2.53. The third-order valence-electron chi connectivity index (χ3n) is 8.67. The highest BCUT2D eigenvalue weighted by Crippen LogP contribution is 2.39. The molecule has 3 fully saturated rings. The van der Waals surface area contributed by atoms with Gasteiger partial charge in [-0.05, 0) is 70.2 Å². The number of hydrogen-bond donors (Lipinski definition) is 4. The smallest absolute Gasteiger partial charge is 0.376 e. The SMILES string of the molecule is Cc1c(C(=O)N2CC3(C2)NC(=O)CNC3O)cc(-c2ccc(S(=O)(=O)NC(C)(C)C)c(C(F)(F)F)c2)n1CC1CCCCC1. The van der Waals surface area contributed by atoms with Crippen molar-refractivity contribution < 1.29 is 36.3 Å². The Balaban J connectivity index is 1.54. The van der Waals surface area contributed by atoms with E-state index in [0.29, 0.717) is 23.5 Å². The van der Waals surface area contributed by atoms with E-state index in [0.717, 1.165) is 44.2 Å². The lowest BCUT2D eigenvalue weighted by Crippen LogP contribution is -2.81. The Kier molecular flexibility index (Phi) is 8.45. The number of alkyl halides is 3. The summed E-state index contributed by atoms with van der Waals surface area (Å²) in [5, 5.41) is 15.9. The van der Waals surface area contributed by atoms with E-state index < -0.39 is 44.0 Å². The van der Waals surface area contributed by atoms with Crippen molar-refractivity contribution in [3.05, 3.63) is 41.1 Å². The molecule has 14 heteroatoms. The average Bonchev–Trinajstić information content (AvgIpc) is 3.22. The number of nitrogens with one attached hydrogen (secondary N) is 3. The Labute approximate surface area is 255 Å². The number of hydrogen-bond acceptors (Lipinski definition) is 6. The summed E-state index contributed by atoms with van der Waals surface area (Å²) in [5.41, 5.74) is -1.87. The molecular weight excluding hydrogens is 599 g/mol. The number of likely N-dealkylation sites (tertiary alicyclic amines) is 1. The molecule has 1 aliphatic carbocycles. The number of sulfonamides is 1. The van der Waals surface area contributed by atoms with Crippen molar-refractivity contribution in [2.24, 2.45) is 5.92 Å². The zero-order valence-corrected chi connectivity index (χ0v) is 26.2. The fraction of sp³-hybridized carbons (Fsp3) is 0.600. The standard InChI is InChI=1S/C30H40F3N5O5S/c1-18-21(26(40)37-16-29(17-37)27(41)34-14-25(39)35-29)13-23(38(18)15-19-8-6-5-7-9-19)20-10-11-24(22(12-20)30(31,32)33)44(42,43)36-28(2,3)4/h10-13,19,27,34,36,41H,5-9,14-17H2,1-4H3,(H,35,39). The number of aromatic nitrogens is 1. The minimum absolute atomic E-state index is 0.0321. The van der Waals surface area contributed by atoms with E-state index in [9.17, 15) is 36.3 Å². The number of halogens is 3. The molecule has 3 aliphatic rings. The number of nitrogens with zero attached hydrogens (tertiary/aromatic N) is 2. The number of carbonyl (C=O) groups is 2. The Morgan fingerprint density at radius 1 is 1.11 bits per heavy atom. The van der Waals surface area contributed by atoms with E-state index in [4.69, 9.17) is 0 Å². The van der Waals surface area contributed by atoms with Crippen molar-refractivity contribution >= 4 is 21.8 Å². The predicted molar refractivity (Wildman–Crippen MR) is 157 cm³/mol. The summed E-state index contributed by atoms with van der Waals surface area (Å²) in [5.74, 6) is -0.378. The van der Waals surface area contributed by atoms with Crippen LogP contribution in [0.3, 0.4) is 0 Å². The normalized spacial score (nSPS) is 21.3. The molecule has 3 heterocycles. The van der Waals surface area contributed by atoms with Crippen molar-refractivity contribution in [3.63, 3.8) is 0 Å². The fourth-order valence-corrected chi connectivity index (χ4v) is 8.17. The lowest BCUT2D eigenvalue weighted by Gasteiger charge is -2.54. The van der Waals surface area contributed by atoms with Crippen LogP contribution in [0, 0.1) is 12.8 Å². The first-order chi connectivity index (χ1) is 20.4. The second-order valence-electron chi connectivity index (χ2n) is 13.4. The van der Waals surface area contributed by atoms with Gasteiger partial charge in [0.15, 0.2) is 0 Å². The van der Waals surface area contributed by atoms with Crippen LogP contribution in [0.2, 0.25) is 0 Å². The molecular formula is C30H40F3N5O5S. The van der Waals surface area contributed by atoms with Gasteiger partial charge in [0.25, 0.3) is 5.91 Å². The van der Waals surface area contributed by atoms with Gasteiger partial charge in [0.2, 0.25) is 15.9 Å². The number of amides is 2. The molecule has 2 aromatic rings. The quantitative estimate of drug-likeness (QED) is 0.383. The number of aliphatic hydroxyl groups is 1. The summed E-state index contributed by atoms with van der Waals surface area (Å²) in [7, 11) is -4.50. The minimum atomic E-state index is -4.96. The van der Waals surface area contributed by atoms with Gasteiger partial charge >= 0.3 is 6.18 Å². The lowest BCUT2D eigenvalue weighted by molar-refractivity contribution is -0.140. The Morgan fingerprint density at radius 3 is 2.39 bits per heavy atom. The largest absolute Gasteiger partial charge is 0.417 e. The molecule has 1 aromatic carbocycles. The maximum Gasteiger partial charge on any atom is 0.417 e. The van der Waals surface area contributed by atoms with Crippen LogP contribution in [0.4, 0.5) is 13.2 Å². The number of piperazine rings is 1. The minimum Gasteiger partial charge on any atom is -0.376 e. The molecule has 4 N–H and O–H groups in total. The summed E-state index contributed by atoms with van der Waals surface area (Å²) in [4.78, 5) is 26.3. The molecule has 1 atom stereocenters. The molecule has 1 saturated carbocycles. The van der Waals surface area contributed by atoms with Crippen LogP contribution >= 0.6 is 0 Å². The number of carbonyl (C=O) groups excluding carboxylic acids is 2. The van der Waals surface area contributed by atoms with Gasteiger partial charge in [0.05, 0.1) is 22.6 Å². The van der Waals surface area contributed by atoms with E-state index in [1.807, 2.05) is 4.57 Å². The van der Waals surface area contributed by atoms with Gasteiger partial charge in [0.1, 0.15) is 11.8 Å². The summed E-state index contributed by atoms with van der Waals surface area (Å²) < 4.78 is 73.3. The summed E-state index contributed by atoms with van der Waals surface area (Å²) in [6.07, 6.45) is -0.839. The van der Waals surface area contributed by atoms with Gasteiger partial charge in [-0.1, -0.05) is 25.3 Å². The molecule has 2 amide bonds. The van der Waals surface area contributed by atoms with Crippen molar-refractivity contribution in [2.75, 3.05) is 19.6 Å². The molecule has 0 radical (unpaired) electrons. The highest BCUT2D eigenvalue weighted by molar-refractivity contribution is 7.89. The molecule has 1 aromatic heterocycles. The van der Waals surface area contributed by atoms with E-state index >= 15 is 0 Å². The van der Waals surface area contributed by atoms with Gasteiger partial charge in [-0.2, -0.15) is 13.2 Å². The van der Waals surface area contributed by atoms with Crippen LogP contribution < -0.4 is 15.4 Å². The molecule has 2 saturated heterocycles. The second-order valence-corrected chi connectivity index (χ2v) is 15.0. The van der Waals surface area contributed by atoms with Gasteiger partial charge < -0.3 is 19.9 Å². The second kappa shape index (κ2) is 11.5. The van der Waals surface area contributed by atoms with E-state index in [2.05, 4.69) is 15.4 Å². The van der Waals surface area contributed by atoms with Crippen LogP contribution in [0.1, 0.15) is 74.5 Å². The topological polar surface area (TPSA) is 133 Å². The maximum atomic E-state index is 14.4. The van der Waals surface area contributed by atoms with Gasteiger partial charge in [-0.3, -0.25) is 14.9 Å². The van der Waals surface area contributed by atoms with Gasteiger partial charge in [-0.25, -0.2) is 13.1 Å². The van der Waals surface area contributed by atoms with Crippen molar-refractivity contribution in [1.29, 1.82) is 0 Å². The van der Waals surface area contributed by atoms with E-state index in [1.165, 1.54) is 11.0 Å². The van der Waals surface area contributed by atoms with E-state index in [1.54, 1.807) is 33.8 Å². The molecule has 242 valence electrons. The van der Waals surface area contributed by atoms with E-state index in [-0.39, 0.29) is 42.9 Å². The zero-order valence-electron chi connectivity index (χ0n) is 25.3. The Morgan fingerprint density at radius 2 is 1.77 bits per heavy atom. The third kappa shape index (κ3) is 6.40. The van der Waals surface area contributed by atoms with Crippen LogP contribution in [-0.4, -0.2) is 71.7 Å². The third-order valence-corrected chi connectivity index (χ3v) is 10.5. The Bertz CT molecular complexity index is 1550. The van der Waals surface area contributed by atoms with Gasteiger partial charge in [0, 0.05) is 36.6 Å². The zero-order chi connectivity index (χ0) is 32.2. The number of benzene rings is 1. The number of aliphatic hydroxyl groups excluding tert-OH is 1. The molecule has 0 bridgehead atoms. The van der Waals surface area contributed by atoms with Crippen LogP contribution in [0.25, 0.3) is 11.3 Å². The molecule has 5 rings (SSSR count). The summed E-state index contributed by atoms with van der Waals surface area (Å²) in [6, 6.07) is 4.73. The maximum absolute atomic E-state index is 14.4. The Hall–Kier alpha value is -2.94. The molecule has 44 heavy (non-hydrogen) atoms. The van der Waals surface area contributed by atoms with Gasteiger partial charge in [-0.15, -0.1) is 0 Å². The van der Waals surface area contributed by atoms with Crippen LogP contribution in [0.5, 0.6) is 0 Å². The first-order valence-electron chi connectivity index (χ1n) is 14.9. The summed E-state index contributed by atoms with van der Waals surface area (Å²) in [6.45, 7) is 7.01. The fourth-order valence-electron chi connectivity index (χ4n) is 6.54. The molecule has 1 spiro atoms. The first kappa shape index (κ1) is 32.5. The molecule has 2 aliphatic heterocycles.